The van der Waals surface area contributed by atoms with Crippen molar-refractivity contribution in [2.24, 2.45) is 0 Å². The molecule has 1 atom stereocenters. The van der Waals surface area contributed by atoms with E-state index in [2.05, 4.69) is 15.2 Å². The van der Waals surface area contributed by atoms with Crippen molar-refractivity contribution >= 4 is 34.3 Å². The highest BCUT2D eigenvalue weighted by atomic mass is 127. The molecule has 3 rings (SSSR count). The maximum atomic E-state index is 13.2. The second-order valence-corrected chi connectivity index (χ2v) is 8.70. The van der Waals surface area contributed by atoms with E-state index >= 15 is 0 Å². The number of carbonyl (C=O) groups is 1. The van der Waals surface area contributed by atoms with Crippen LogP contribution < -0.4 is 14.8 Å². The van der Waals surface area contributed by atoms with Crippen molar-refractivity contribution in [1.29, 1.82) is 0 Å². The Morgan fingerprint density at radius 2 is 1.79 bits per heavy atom. The summed E-state index contributed by atoms with van der Waals surface area (Å²) in [5.74, 6) is -1.32. The molecule has 1 amide bonds. The predicted molar refractivity (Wildman–Crippen MR) is 121 cm³/mol. The third-order valence-electron chi connectivity index (χ3n) is 4.43. The number of alkyl halides is 6. The zero-order chi connectivity index (χ0) is 25.1. The molecule has 3 aromatic rings. The van der Waals surface area contributed by atoms with E-state index in [9.17, 15) is 31.1 Å². The summed E-state index contributed by atoms with van der Waals surface area (Å²) >= 11 is 1.99. The number of para-hydroxylation sites is 1. The lowest BCUT2D eigenvalue weighted by Crippen LogP contribution is -2.25. The predicted octanol–water partition coefficient (Wildman–Crippen LogP) is 6.20. The van der Waals surface area contributed by atoms with Gasteiger partial charge in [0.2, 0.25) is 0 Å². The molecule has 0 saturated heterocycles. The maximum Gasteiger partial charge on any atom is 0.573 e. The highest BCUT2D eigenvalue weighted by Gasteiger charge is 2.33. The third-order valence-corrected chi connectivity index (χ3v) is 6.30. The van der Waals surface area contributed by atoms with Gasteiger partial charge in [-0.3, -0.25) is 4.79 Å². The van der Waals surface area contributed by atoms with Crippen molar-refractivity contribution in [3.05, 3.63) is 65.4 Å². The molecule has 0 aliphatic rings. The molecule has 6 nitrogen and oxygen atoms in total. The van der Waals surface area contributed by atoms with Gasteiger partial charge in [0.25, 0.3) is 5.91 Å². The summed E-state index contributed by atoms with van der Waals surface area (Å²) in [6.07, 6.45) is -9.54. The zero-order valence-corrected chi connectivity index (χ0v) is 20.2. The van der Waals surface area contributed by atoms with Crippen molar-refractivity contribution in [3.63, 3.8) is 0 Å². The lowest BCUT2D eigenvalue weighted by atomic mass is 10.1. The molecule has 1 heterocycles. The van der Waals surface area contributed by atoms with Crippen LogP contribution in [0.3, 0.4) is 0 Å². The molecule has 0 spiro atoms. The lowest BCUT2D eigenvalue weighted by molar-refractivity contribution is -0.274. The highest BCUT2D eigenvalue weighted by molar-refractivity contribution is 14.2. The van der Waals surface area contributed by atoms with Gasteiger partial charge in [0.15, 0.2) is 0 Å². The normalized spacial score (nSPS) is 12.2. The largest absolute Gasteiger partial charge is 0.573 e. The Kier molecular flexibility index (Phi) is 7.96. The minimum atomic E-state index is -4.98. The fraction of sp³-hybridized carbons (Fsp3) is 0.200. The fourth-order valence-corrected chi connectivity index (χ4v) is 4.54. The average Bonchev–Trinajstić information content (AvgIpc) is 3.19. The van der Waals surface area contributed by atoms with Crippen LogP contribution in [-0.4, -0.2) is 28.9 Å². The molecule has 1 N–H and O–H groups in total. The highest BCUT2D eigenvalue weighted by Crippen LogP contribution is 2.40. The van der Waals surface area contributed by atoms with Gasteiger partial charge in [-0.25, -0.2) is 4.45 Å². The smallest absolute Gasteiger partial charge is 0.496 e. The number of benzene rings is 2. The molecule has 0 aliphatic heterocycles. The second kappa shape index (κ2) is 10.4. The number of nitrogens with one attached hydrogen (secondary N) is 1. The summed E-state index contributed by atoms with van der Waals surface area (Å²) in [5.41, 5.74) is -0.462. The first kappa shape index (κ1) is 26.1. The van der Waals surface area contributed by atoms with E-state index in [0.29, 0.717) is 5.69 Å². The number of amides is 1. The van der Waals surface area contributed by atoms with E-state index in [0.717, 1.165) is 18.2 Å². The van der Waals surface area contributed by atoms with Crippen molar-refractivity contribution < 1.29 is 40.6 Å². The van der Waals surface area contributed by atoms with Gasteiger partial charge in [-0.1, -0.05) is 12.1 Å². The summed E-state index contributed by atoms with van der Waals surface area (Å²) in [4.78, 5) is 12.5. The molecule has 1 unspecified atom stereocenters. The lowest BCUT2D eigenvalue weighted by Gasteiger charge is -2.13. The Bertz CT molecular complexity index is 1180. The van der Waals surface area contributed by atoms with Gasteiger partial charge in [0.05, 0.1) is 42.5 Å². The summed E-state index contributed by atoms with van der Waals surface area (Å²) in [7, 11) is 1.32. The van der Waals surface area contributed by atoms with Crippen molar-refractivity contribution in [3.8, 4) is 22.8 Å². The first-order valence-corrected chi connectivity index (χ1v) is 13.3. The van der Waals surface area contributed by atoms with Crippen LogP contribution in [0.4, 0.5) is 26.3 Å². The zero-order valence-electron chi connectivity index (χ0n) is 17.1. The number of carbonyl (C=O) groups excluding carboxylic acids is 1. The maximum absolute atomic E-state index is 13.2. The molecular weight excluding hydrogens is 602 g/mol. The standard InChI is InChI=1S/C20H15F6IN3O3P/c1-32-16-7-6-11(19(21,22)23)8-14(16)15-9-12(29-30(15)34-27)10-28-18(31)13-4-2-3-5-17(13)33-20(24,25)26/h2-9,34H,10H2,1H3,(H,28,31). The van der Waals surface area contributed by atoms with Crippen LogP contribution in [0.2, 0.25) is 0 Å². The van der Waals surface area contributed by atoms with Crippen LogP contribution in [0.15, 0.2) is 48.5 Å². The molecular formula is C20H15F6IN3O3P. The SMILES string of the molecule is COc1ccc(C(F)(F)F)cc1-c1cc(CNC(=O)c2ccccc2OC(F)(F)F)nn1PI. The quantitative estimate of drug-likeness (QED) is 0.195. The van der Waals surface area contributed by atoms with E-state index in [1.54, 1.807) is 0 Å². The van der Waals surface area contributed by atoms with Gasteiger partial charge < -0.3 is 14.8 Å². The summed E-state index contributed by atoms with van der Waals surface area (Å²) < 4.78 is 88.0. The van der Waals surface area contributed by atoms with Gasteiger partial charge >= 0.3 is 12.5 Å². The molecule has 0 saturated carbocycles. The van der Waals surface area contributed by atoms with Gasteiger partial charge in [0, 0.05) is 5.56 Å². The Hall–Kier alpha value is -2.54. The van der Waals surface area contributed by atoms with Crippen LogP contribution in [-0.2, 0) is 12.7 Å². The van der Waals surface area contributed by atoms with Crippen LogP contribution in [0.1, 0.15) is 21.6 Å². The average molecular weight is 617 g/mol. The van der Waals surface area contributed by atoms with Gasteiger partial charge in [0.1, 0.15) is 11.5 Å². The van der Waals surface area contributed by atoms with Gasteiger partial charge in [-0.05, 0) is 58.4 Å². The molecule has 0 radical (unpaired) electrons. The minimum absolute atomic E-state index is 0.000714. The minimum Gasteiger partial charge on any atom is -0.496 e. The molecule has 0 aliphatic carbocycles. The monoisotopic (exact) mass is 617 g/mol. The van der Waals surface area contributed by atoms with Crippen molar-refractivity contribution in [1.82, 2.24) is 14.9 Å². The fourth-order valence-electron chi connectivity index (χ4n) is 2.99. The molecule has 2 aromatic carbocycles. The van der Waals surface area contributed by atoms with Gasteiger partial charge in [-0.2, -0.15) is 18.3 Å². The van der Waals surface area contributed by atoms with Crippen LogP contribution in [0.5, 0.6) is 11.5 Å². The number of methoxy groups -OCH3 is 1. The van der Waals surface area contributed by atoms with E-state index < -0.39 is 29.8 Å². The van der Waals surface area contributed by atoms with E-state index in [-0.39, 0.29) is 35.5 Å². The number of nitrogens with zero attached hydrogens (tertiary/aromatic N) is 2. The van der Waals surface area contributed by atoms with Gasteiger partial charge in [-0.15, -0.1) is 13.2 Å². The van der Waals surface area contributed by atoms with Crippen molar-refractivity contribution in [2.45, 2.75) is 19.1 Å². The Labute approximate surface area is 203 Å². The molecule has 182 valence electrons. The van der Waals surface area contributed by atoms with Crippen LogP contribution in [0.25, 0.3) is 11.3 Å². The van der Waals surface area contributed by atoms with Crippen LogP contribution >= 0.6 is 28.4 Å². The number of ether oxygens (including phenoxy) is 2. The topological polar surface area (TPSA) is 65.4 Å². The molecule has 0 bridgehead atoms. The van der Waals surface area contributed by atoms with E-state index in [1.807, 2.05) is 22.0 Å². The van der Waals surface area contributed by atoms with E-state index in [4.69, 9.17) is 4.74 Å². The first-order valence-electron chi connectivity index (χ1n) is 9.27. The number of aromatic nitrogens is 2. The number of hydrogen-bond donors (Lipinski definition) is 1. The summed E-state index contributed by atoms with van der Waals surface area (Å²) in [5, 5.41) is 6.73. The van der Waals surface area contributed by atoms with Crippen molar-refractivity contribution in [2.75, 3.05) is 7.11 Å². The Morgan fingerprint density at radius 3 is 2.41 bits per heavy atom. The number of halogens is 7. The summed E-state index contributed by atoms with van der Waals surface area (Å²) in [6.45, 7) is -0.193. The van der Waals surface area contributed by atoms with E-state index in [1.165, 1.54) is 41.9 Å². The molecule has 0 fully saturated rings. The number of rotatable bonds is 7. The second-order valence-electron chi connectivity index (χ2n) is 6.66. The molecule has 34 heavy (non-hydrogen) atoms. The Morgan fingerprint density at radius 1 is 1.09 bits per heavy atom. The molecule has 1 aromatic heterocycles. The first-order chi connectivity index (χ1) is 15.9. The molecule has 14 heteroatoms. The Balaban J connectivity index is 1.87. The van der Waals surface area contributed by atoms with Crippen LogP contribution in [0, 0.1) is 0 Å². The summed E-state index contributed by atoms with van der Waals surface area (Å²) in [6, 6.07) is 9.35. The third kappa shape index (κ3) is 6.32. The number of hydrogen-bond acceptors (Lipinski definition) is 4.